The minimum Gasteiger partial charge on any atom is -0.353 e. The van der Waals surface area contributed by atoms with Crippen LogP contribution in [0.4, 0.5) is 21.8 Å². The number of hydrogen-bond donors (Lipinski definition) is 2. The number of halogens is 1. The molecule has 0 atom stereocenters. The summed E-state index contributed by atoms with van der Waals surface area (Å²) >= 11 is 0. The fourth-order valence-corrected chi connectivity index (χ4v) is 2.08. The summed E-state index contributed by atoms with van der Waals surface area (Å²) in [6, 6.07) is 16.2. The van der Waals surface area contributed by atoms with Gasteiger partial charge in [0, 0.05) is 12.2 Å². The van der Waals surface area contributed by atoms with Crippen LogP contribution in [0.2, 0.25) is 0 Å². The van der Waals surface area contributed by atoms with Crippen LogP contribution in [0.1, 0.15) is 5.56 Å². The first-order valence-corrected chi connectivity index (χ1v) is 7.30. The Morgan fingerprint density at radius 3 is 2.52 bits per heavy atom. The van der Waals surface area contributed by atoms with Crippen LogP contribution >= 0.6 is 0 Å². The van der Waals surface area contributed by atoms with Crippen LogP contribution in [-0.4, -0.2) is 21.7 Å². The van der Waals surface area contributed by atoms with Gasteiger partial charge in [-0.3, -0.25) is 0 Å². The van der Waals surface area contributed by atoms with Gasteiger partial charge in [0.25, 0.3) is 0 Å². The molecule has 2 N–H and O–H groups in total. The van der Waals surface area contributed by atoms with Gasteiger partial charge in [-0.1, -0.05) is 30.3 Å². The Labute approximate surface area is 133 Å². The molecular weight excluding hydrogens is 293 g/mol. The predicted molar refractivity (Wildman–Crippen MR) is 88.1 cm³/mol. The molecule has 1 aromatic heterocycles. The van der Waals surface area contributed by atoms with Crippen LogP contribution in [0.15, 0.2) is 60.8 Å². The fraction of sp³-hybridized carbons (Fsp3) is 0.118. The molecule has 3 rings (SSSR count). The highest BCUT2D eigenvalue weighted by Crippen LogP contribution is 2.14. The third kappa shape index (κ3) is 4.47. The lowest BCUT2D eigenvalue weighted by atomic mass is 10.1. The first kappa shape index (κ1) is 14.9. The second kappa shape index (κ2) is 7.31. The van der Waals surface area contributed by atoms with E-state index in [1.165, 1.54) is 23.9 Å². The Morgan fingerprint density at radius 1 is 0.957 bits per heavy atom. The summed E-state index contributed by atoms with van der Waals surface area (Å²) in [6.45, 7) is 0.714. The van der Waals surface area contributed by atoms with E-state index in [0.29, 0.717) is 18.3 Å². The molecular formula is C17H16FN5. The summed E-state index contributed by atoms with van der Waals surface area (Å²) in [6.07, 6.45) is 2.39. The van der Waals surface area contributed by atoms with Crippen LogP contribution < -0.4 is 10.6 Å². The summed E-state index contributed by atoms with van der Waals surface area (Å²) in [7, 11) is 0. The molecule has 3 aromatic rings. The molecule has 0 aliphatic rings. The summed E-state index contributed by atoms with van der Waals surface area (Å²) in [5.41, 5.74) is 1.98. The zero-order valence-corrected chi connectivity index (χ0v) is 12.4. The lowest BCUT2D eigenvalue weighted by Gasteiger charge is -2.07. The van der Waals surface area contributed by atoms with E-state index in [9.17, 15) is 4.39 Å². The van der Waals surface area contributed by atoms with Gasteiger partial charge in [-0.2, -0.15) is 10.1 Å². The lowest BCUT2D eigenvalue weighted by molar-refractivity contribution is 0.628. The summed E-state index contributed by atoms with van der Waals surface area (Å²) < 4.78 is 12.9. The van der Waals surface area contributed by atoms with Crippen molar-refractivity contribution in [3.63, 3.8) is 0 Å². The Hall–Kier alpha value is -3.02. The fourth-order valence-electron chi connectivity index (χ4n) is 2.08. The van der Waals surface area contributed by atoms with E-state index in [4.69, 9.17) is 0 Å². The van der Waals surface area contributed by atoms with Gasteiger partial charge in [0.05, 0.1) is 6.20 Å². The van der Waals surface area contributed by atoms with E-state index in [0.717, 1.165) is 12.1 Å². The molecule has 0 radical (unpaired) electrons. The topological polar surface area (TPSA) is 62.7 Å². The Kier molecular flexibility index (Phi) is 4.73. The molecule has 0 unspecified atom stereocenters. The molecule has 0 amide bonds. The molecule has 6 heteroatoms. The minimum absolute atomic E-state index is 0.278. The molecule has 5 nitrogen and oxygen atoms in total. The molecule has 0 bridgehead atoms. The van der Waals surface area contributed by atoms with Crippen LogP contribution in [0.25, 0.3) is 0 Å². The Morgan fingerprint density at radius 2 is 1.74 bits per heavy atom. The van der Waals surface area contributed by atoms with E-state index in [2.05, 4.69) is 37.9 Å². The van der Waals surface area contributed by atoms with E-state index in [1.54, 1.807) is 12.1 Å². The third-order valence-corrected chi connectivity index (χ3v) is 3.22. The number of nitrogens with zero attached hydrogens (tertiary/aromatic N) is 3. The average molecular weight is 309 g/mol. The standard InChI is InChI=1S/C17H16FN5/c18-14-6-8-15(9-7-14)21-16-12-20-23-17(22-16)19-11-10-13-4-2-1-3-5-13/h1-9,12H,10-11H2,(H2,19,21,22,23). The van der Waals surface area contributed by atoms with Crippen molar-refractivity contribution in [1.29, 1.82) is 0 Å². The van der Waals surface area contributed by atoms with Crippen molar-refractivity contribution in [1.82, 2.24) is 15.2 Å². The molecule has 1 heterocycles. The van der Waals surface area contributed by atoms with Crippen LogP contribution in [0, 0.1) is 5.82 Å². The highest BCUT2D eigenvalue weighted by Gasteiger charge is 2.01. The highest BCUT2D eigenvalue weighted by atomic mass is 19.1. The van der Waals surface area contributed by atoms with E-state index in [1.807, 2.05) is 18.2 Å². The third-order valence-electron chi connectivity index (χ3n) is 3.22. The van der Waals surface area contributed by atoms with Gasteiger partial charge in [-0.05, 0) is 36.2 Å². The largest absolute Gasteiger partial charge is 0.353 e. The maximum absolute atomic E-state index is 12.9. The minimum atomic E-state index is -0.278. The maximum atomic E-state index is 12.9. The van der Waals surface area contributed by atoms with Gasteiger partial charge in [-0.15, -0.1) is 5.10 Å². The molecule has 0 aliphatic carbocycles. The Bertz CT molecular complexity index is 746. The van der Waals surface area contributed by atoms with Crippen LogP contribution in [0.3, 0.4) is 0 Å². The van der Waals surface area contributed by atoms with Crippen molar-refractivity contribution < 1.29 is 4.39 Å². The lowest BCUT2D eigenvalue weighted by Crippen LogP contribution is -2.09. The van der Waals surface area contributed by atoms with Crippen LogP contribution in [-0.2, 0) is 6.42 Å². The van der Waals surface area contributed by atoms with Gasteiger partial charge >= 0.3 is 0 Å². The second-order valence-electron chi connectivity index (χ2n) is 4.96. The van der Waals surface area contributed by atoms with Gasteiger partial charge in [0.2, 0.25) is 5.95 Å². The summed E-state index contributed by atoms with van der Waals surface area (Å²) in [5.74, 6) is 0.724. The van der Waals surface area contributed by atoms with Crippen molar-refractivity contribution >= 4 is 17.5 Å². The monoisotopic (exact) mass is 309 g/mol. The van der Waals surface area contributed by atoms with E-state index < -0.39 is 0 Å². The smallest absolute Gasteiger partial charge is 0.244 e. The zero-order chi connectivity index (χ0) is 15.9. The van der Waals surface area contributed by atoms with Crippen molar-refractivity contribution in [2.75, 3.05) is 17.2 Å². The predicted octanol–water partition coefficient (Wildman–Crippen LogP) is 3.41. The molecule has 2 aromatic carbocycles. The van der Waals surface area contributed by atoms with Gasteiger partial charge < -0.3 is 10.6 Å². The van der Waals surface area contributed by atoms with Crippen LogP contribution in [0.5, 0.6) is 0 Å². The summed E-state index contributed by atoms with van der Waals surface area (Å²) in [4.78, 5) is 4.33. The molecule has 0 fully saturated rings. The molecule has 0 saturated carbocycles. The maximum Gasteiger partial charge on any atom is 0.244 e. The van der Waals surface area contributed by atoms with Crippen molar-refractivity contribution in [2.45, 2.75) is 6.42 Å². The molecule has 0 saturated heterocycles. The number of hydrogen-bond acceptors (Lipinski definition) is 5. The Balaban J connectivity index is 1.57. The number of nitrogens with one attached hydrogen (secondary N) is 2. The number of rotatable bonds is 6. The van der Waals surface area contributed by atoms with Gasteiger partial charge in [0.1, 0.15) is 5.82 Å². The average Bonchev–Trinajstić information content (AvgIpc) is 2.58. The first-order valence-electron chi connectivity index (χ1n) is 7.30. The van der Waals surface area contributed by atoms with Gasteiger partial charge in [-0.25, -0.2) is 4.39 Å². The van der Waals surface area contributed by atoms with Crippen molar-refractivity contribution in [3.05, 3.63) is 72.2 Å². The first-order chi connectivity index (χ1) is 11.3. The van der Waals surface area contributed by atoms with E-state index in [-0.39, 0.29) is 5.82 Å². The molecule has 116 valence electrons. The molecule has 0 spiro atoms. The SMILES string of the molecule is Fc1ccc(Nc2cnnc(NCCc3ccccc3)n2)cc1. The quantitative estimate of drug-likeness (QED) is 0.730. The molecule has 23 heavy (non-hydrogen) atoms. The number of anilines is 3. The number of benzene rings is 2. The van der Waals surface area contributed by atoms with Crippen molar-refractivity contribution in [3.8, 4) is 0 Å². The summed E-state index contributed by atoms with van der Waals surface area (Å²) in [5, 5.41) is 14.1. The molecule has 0 aliphatic heterocycles. The zero-order valence-electron chi connectivity index (χ0n) is 12.4. The van der Waals surface area contributed by atoms with E-state index >= 15 is 0 Å². The van der Waals surface area contributed by atoms with Gasteiger partial charge in [0.15, 0.2) is 5.82 Å². The second-order valence-corrected chi connectivity index (χ2v) is 4.96. The number of aromatic nitrogens is 3. The normalized spacial score (nSPS) is 10.3. The highest BCUT2D eigenvalue weighted by molar-refractivity contribution is 5.55. The van der Waals surface area contributed by atoms with Crippen molar-refractivity contribution in [2.24, 2.45) is 0 Å².